The predicted octanol–water partition coefficient (Wildman–Crippen LogP) is 3.96. The van der Waals surface area contributed by atoms with E-state index in [2.05, 4.69) is 10.3 Å². The summed E-state index contributed by atoms with van der Waals surface area (Å²) in [6, 6.07) is 9.80. The number of hydrogen-bond donors (Lipinski definition) is 1. The van der Waals surface area contributed by atoms with Crippen molar-refractivity contribution in [2.45, 2.75) is 6.54 Å². The Kier molecular flexibility index (Phi) is 3.49. The molecule has 0 amide bonds. The highest BCUT2D eigenvalue weighted by atomic mass is 32.1. The lowest BCUT2D eigenvalue weighted by Gasteiger charge is -2.07. The standard InChI is InChI=1S/C14H10FN3O2S/c15-14-9(2-1-3-12(14)18(19)20)7-16-10-4-5-11-13(6-10)21-8-17-11/h1-6,8,16H,7H2. The fourth-order valence-electron chi connectivity index (χ4n) is 2.01. The molecule has 0 saturated carbocycles. The third kappa shape index (κ3) is 2.68. The van der Waals surface area contributed by atoms with Gasteiger partial charge in [-0.2, -0.15) is 4.39 Å². The Bertz CT molecular complexity index is 819. The van der Waals surface area contributed by atoms with Crippen LogP contribution >= 0.6 is 11.3 Å². The lowest BCUT2D eigenvalue weighted by atomic mass is 10.2. The molecule has 0 aliphatic carbocycles. The quantitative estimate of drug-likeness (QED) is 0.585. The number of aromatic nitrogens is 1. The van der Waals surface area contributed by atoms with Crippen LogP contribution in [0.1, 0.15) is 5.56 Å². The van der Waals surface area contributed by atoms with Crippen molar-refractivity contribution in [1.29, 1.82) is 0 Å². The molecule has 21 heavy (non-hydrogen) atoms. The first-order valence-corrected chi connectivity index (χ1v) is 7.02. The fourth-order valence-corrected chi connectivity index (χ4v) is 2.72. The Morgan fingerprint density at radius 3 is 3.00 bits per heavy atom. The molecular weight excluding hydrogens is 293 g/mol. The molecule has 5 nitrogen and oxygen atoms in total. The summed E-state index contributed by atoms with van der Waals surface area (Å²) in [5, 5.41) is 13.8. The van der Waals surface area contributed by atoms with Crippen molar-refractivity contribution in [3.63, 3.8) is 0 Å². The number of nitrogens with zero attached hydrogens (tertiary/aromatic N) is 2. The van der Waals surface area contributed by atoms with E-state index < -0.39 is 16.4 Å². The van der Waals surface area contributed by atoms with Crippen LogP contribution in [0.4, 0.5) is 15.8 Å². The van der Waals surface area contributed by atoms with Crippen molar-refractivity contribution in [3.05, 3.63) is 63.4 Å². The minimum atomic E-state index is -0.797. The van der Waals surface area contributed by atoms with Crippen LogP contribution in [0.2, 0.25) is 0 Å². The van der Waals surface area contributed by atoms with Crippen LogP contribution in [0.3, 0.4) is 0 Å². The van der Waals surface area contributed by atoms with Crippen LogP contribution in [-0.2, 0) is 6.54 Å². The van der Waals surface area contributed by atoms with Gasteiger partial charge in [-0.3, -0.25) is 10.1 Å². The molecule has 106 valence electrons. The van der Waals surface area contributed by atoms with Gasteiger partial charge in [0.1, 0.15) is 0 Å². The summed E-state index contributed by atoms with van der Waals surface area (Å²) in [6.07, 6.45) is 0. The van der Waals surface area contributed by atoms with E-state index >= 15 is 0 Å². The molecule has 3 rings (SSSR count). The van der Waals surface area contributed by atoms with Gasteiger partial charge in [-0.25, -0.2) is 4.98 Å². The van der Waals surface area contributed by atoms with Crippen molar-refractivity contribution in [2.24, 2.45) is 0 Å². The van der Waals surface area contributed by atoms with Gasteiger partial charge in [0.2, 0.25) is 5.82 Å². The van der Waals surface area contributed by atoms with Gasteiger partial charge in [0.25, 0.3) is 0 Å². The molecule has 2 aromatic carbocycles. The Labute approximate surface area is 123 Å². The number of nitro groups is 1. The molecule has 0 aliphatic rings. The predicted molar refractivity (Wildman–Crippen MR) is 80.0 cm³/mol. The Balaban J connectivity index is 1.81. The molecule has 1 heterocycles. The van der Waals surface area contributed by atoms with Crippen LogP contribution in [0.5, 0.6) is 0 Å². The van der Waals surface area contributed by atoms with Crippen LogP contribution < -0.4 is 5.32 Å². The van der Waals surface area contributed by atoms with Crippen molar-refractivity contribution < 1.29 is 9.31 Å². The second-order valence-electron chi connectivity index (χ2n) is 4.40. The Morgan fingerprint density at radius 1 is 1.33 bits per heavy atom. The molecule has 0 spiro atoms. The van der Waals surface area contributed by atoms with Gasteiger partial charge in [-0.1, -0.05) is 12.1 Å². The van der Waals surface area contributed by atoms with E-state index in [9.17, 15) is 14.5 Å². The van der Waals surface area contributed by atoms with E-state index in [0.29, 0.717) is 0 Å². The Hall–Kier alpha value is -2.54. The van der Waals surface area contributed by atoms with E-state index in [-0.39, 0.29) is 12.1 Å². The molecule has 7 heteroatoms. The number of nitro benzene ring substituents is 1. The van der Waals surface area contributed by atoms with Crippen LogP contribution in [0.15, 0.2) is 41.9 Å². The molecule has 0 saturated heterocycles. The van der Waals surface area contributed by atoms with Crippen LogP contribution in [0.25, 0.3) is 10.2 Å². The molecule has 0 fully saturated rings. The summed E-state index contributed by atoms with van der Waals surface area (Å²) in [5.74, 6) is -0.797. The van der Waals surface area contributed by atoms with Gasteiger partial charge >= 0.3 is 5.69 Å². The van der Waals surface area contributed by atoms with Gasteiger partial charge in [0.05, 0.1) is 20.7 Å². The minimum absolute atomic E-state index is 0.178. The van der Waals surface area contributed by atoms with Gasteiger partial charge in [-0.05, 0) is 18.2 Å². The lowest BCUT2D eigenvalue weighted by Crippen LogP contribution is -2.03. The summed E-state index contributed by atoms with van der Waals surface area (Å²) in [6.45, 7) is 0.178. The summed E-state index contributed by atoms with van der Waals surface area (Å²) >= 11 is 1.52. The molecule has 0 atom stereocenters. The number of nitrogens with one attached hydrogen (secondary N) is 1. The zero-order valence-electron chi connectivity index (χ0n) is 10.7. The molecule has 0 unspecified atom stereocenters. The monoisotopic (exact) mass is 303 g/mol. The zero-order valence-corrected chi connectivity index (χ0v) is 11.6. The largest absolute Gasteiger partial charge is 0.381 e. The number of anilines is 1. The van der Waals surface area contributed by atoms with E-state index in [1.165, 1.54) is 23.5 Å². The third-order valence-corrected chi connectivity index (χ3v) is 3.86. The average Bonchev–Trinajstić information content (AvgIpc) is 2.93. The first-order valence-electron chi connectivity index (χ1n) is 6.14. The third-order valence-electron chi connectivity index (χ3n) is 3.07. The maximum Gasteiger partial charge on any atom is 0.305 e. The smallest absolute Gasteiger partial charge is 0.305 e. The SMILES string of the molecule is O=[N+]([O-])c1cccc(CNc2ccc3ncsc3c2)c1F. The second-order valence-corrected chi connectivity index (χ2v) is 5.28. The Morgan fingerprint density at radius 2 is 2.19 bits per heavy atom. The lowest BCUT2D eigenvalue weighted by molar-refractivity contribution is -0.387. The first-order chi connectivity index (χ1) is 10.1. The van der Waals surface area contributed by atoms with Crippen molar-refractivity contribution in [1.82, 2.24) is 4.98 Å². The summed E-state index contributed by atoms with van der Waals surface area (Å²) in [5.41, 5.74) is 3.24. The van der Waals surface area contributed by atoms with E-state index in [1.807, 2.05) is 18.2 Å². The average molecular weight is 303 g/mol. The first kappa shape index (κ1) is 13.4. The normalized spacial score (nSPS) is 10.7. The highest BCUT2D eigenvalue weighted by Gasteiger charge is 2.16. The highest BCUT2D eigenvalue weighted by Crippen LogP contribution is 2.24. The molecule has 0 radical (unpaired) electrons. The van der Waals surface area contributed by atoms with Gasteiger partial charge in [0, 0.05) is 23.9 Å². The number of rotatable bonds is 4. The number of benzene rings is 2. The maximum absolute atomic E-state index is 13.9. The van der Waals surface area contributed by atoms with Gasteiger partial charge in [0.15, 0.2) is 0 Å². The second kappa shape index (κ2) is 5.45. The van der Waals surface area contributed by atoms with Crippen molar-refractivity contribution >= 4 is 32.9 Å². The van der Waals surface area contributed by atoms with Gasteiger partial charge < -0.3 is 5.32 Å². The molecule has 0 bridgehead atoms. The maximum atomic E-state index is 13.9. The summed E-state index contributed by atoms with van der Waals surface area (Å²) in [7, 11) is 0. The van der Waals surface area contributed by atoms with E-state index in [1.54, 1.807) is 5.51 Å². The number of halogens is 1. The number of thiazole rings is 1. The van der Waals surface area contributed by atoms with Crippen LogP contribution in [-0.4, -0.2) is 9.91 Å². The van der Waals surface area contributed by atoms with Gasteiger partial charge in [-0.15, -0.1) is 11.3 Å². The van der Waals surface area contributed by atoms with E-state index in [0.717, 1.165) is 22.0 Å². The molecular formula is C14H10FN3O2S. The molecule has 1 aromatic heterocycles. The number of fused-ring (bicyclic) bond motifs is 1. The molecule has 1 N–H and O–H groups in total. The molecule has 3 aromatic rings. The summed E-state index contributed by atoms with van der Waals surface area (Å²) < 4.78 is 15.0. The fraction of sp³-hybridized carbons (Fsp3) is 0.0714. The summed E-state index contributed by atoms with van der Waals surface area (Å²) in [4.78, 5) is 14.2. The zero-order chi connectivity index (χ0) is 14.8. The molecule has 0 aliphatic heterocycles. The van der Waals surface area contributed by atoms with Crippen molar-refractivity contribution in [3.8, 4) is 0 Å². The van der Waals surface area contributed by atoms with Crippen LogP contribution in [0, 0.1) is 15.9 Å². The van der Waals surface area contributed by atoms with Crippen molar-refractivity contribution in [2.75, 3.05) is 5.32 Å². The van der Waals surface area contributed by atoms with E-state index in [4.69, 9.17) is 0 Å². The topological polar surface area (TPSA) is 68.1 Å². The highest BCUT2D eigenvalue weighted by molar-refractivity contribution is 7.16. The minimum Gasteiger partial charge on any atom is -0.381 e. The number of hydrogen-bond acceptors (Lipinski definition) is 5.